The Bertz CT molecular complexity index is 960. The van der Waals surface area contributed by atoms with Crippen molar-refractivity contribution in [3.05, 3.63) is 58.1 Å². The molecule has 0 fully saturated rings. The quantitative estimate of drug-likeness (QED) is 0.608. The second-order valence-corrected chi connectivity index (χ2v) is 8.29. The van der Waals surface area contributed by atoms with Gasteiger partial charge in [-0.25, -0.2) is 13.2 Å². The van der Waals surface area contributed by atoms with E-state index >= 15 is 0 Å². The van der Waals surface area contributed by atoms with Crippen molar-refractivity contribution >= 4 is 27.1 Å². The summed E-state index contributed by atoms with van der Waals surface area (Å²) in [6.07, 6.45) is 1.16. The second kappa shape index (κ2) is 7.16. The largest absolute Gasteiger partial charge is 0.452 e. The third kappa shape index (κ3) is 4.74. The minimum absolute atomic E-state index is 0.0737. The molecule has 7 nitrogen and oxygen atoms in total. The highest BCUT2D eigenvalue weighted by molar-refractivity contribution is 7.89. The van der Waals surface area contributed by atoms with E-state index in [4.69, 9.17) is 9.26 Å². The van der Waals surface area contributed by atoms with E-state index < -0.39 is 15.8 Å². The summed E-state index contributed by atoms with van der Waals surface area (Å²) < 4.78 is 32.7. The number of hydrogen-bond donors (Lipinski definition) is 0. The average molecular weight is 378 g/mol. The summed E-state index contributed by atoms with van der Waals surface area (Å²) in [5, 5.41) is 7.62. The van der Waals surface area contributed by atoms with E-state index in [0.29, 0.717) is 17.0 Å². The van der Waals surface area contributed by atoms with Gasteiger partial charge in [-0.3, -0.25) is 0 Å². The summed E-state index contributed by atoms with van der Waals surface area (Å²) in [4.78, 5) is 16.2. The normalized spacial score (nSPS) is 11.4. The first-order chi connectivity index (χ1) is 11.9. The minimum Gasteiger partial charge on any atom is -0.452 e. The van der Waals surface area contributed by atoms with E-state index in [0.717, 1.165) is 11.8 Å². The lowest BCUT2D eigenvalue weighted by atomic mass is 10.1. The Morgan fingerprint density at radius 2 is 2.00 bits per heavy atom. The van der Waals surface area contributed by atoms with Gasteiger partial charge in [0.2, 0.25) is 5.82 Å². The molecule has 0 unspecified atom stereocenters. The number of nitrogens with zero attached hydrogens (tertiary/aromatic N) is 2. The summed E-state index contributed by atoms with van der Waals surface area (Å²) in [6, 6.07) is 8.07. The van der Waals surface area contributed by atoms with E-state index in [9.17, 15) is 13.2 Å². The number of benzene rings is 1. The van der Waals surface area contributed by atoms with Crippen LogP contribution >= 0.6 is 11.3 Å². The molecular formula is C16H14N2O5S2. The molecule has 0 radical (unpaired) electrons. The van der Waals surface area contributed by atoms with Gasteiger partial charge in [-0.1, -0.05) is 17.3 Å². The summed E-state index contributed by atoms with van der Waals surface area (Å²) >= 11 is 1.52. The van der Waals surface area contributed by atoms with Gasteiger partial charge in [0.15, 0.2) is 16.4 Å². The third-order valence-electron chi connectivity index (χ3n) is 3.19. The highest BCUT2D eigenvalue weighted by atomic mass is 32.2. The number of hydrogen-bond acceptors (Lipinski definition) is 8. The van der Waals surface area contributed by atoms with Crippen LogP contribution in [-0.2, 0) is 26.9 Å². The van der Waals surface area contributed by atoms with Crippen LogP contribution in [0.5, 0.6) is 0 Å². The van der Waals surface area contributed by atoms with E-state index in [1.807, 2.05) is 16.8 Å². The van der Waals surface area contributed by atoms with Gasteiger partial charge in [-0.15, -0.1) is 0 Å². The summed E-state index contributed by atoms with van der Waals surface area (Å²) in [7, 11) is -3.12. The van der Waals surface area contributed by atoms with Crippen LogP contribution in [0.4, 0.5) is 0 Å². The molecule has 25 heavy (non-hydrogen) atoms. The summed E-state index contributed by atoms with van der Waals surface area (Å²) in [6.45, 7) is -0.138. The van der Waals surface area contributed by atoms with Crippen molar-refractivity contribution in [1.82, 2.24) is 10.1 Å². The van der Waals surface area contributed by atoms with Crippen molar-refractivity contribution in [2.45, 2.75) is 12.4 Å². The maximum atomic E-state index is 12.0. The molecule has 2 heterocycles. The van der Waals surface area contributed by atoms with E-state index in [1.54, 1.807) is 12.1 Å². The first-order valence-corrected chi connectivity index (χ1v) is 10.2. The van der Waals surface area contributed by atoms with Crippen molar-refractivity contribution in [1.29, 1.82) is 0 Å². The molecule has 0 atom stereocenters. The van der Waals surface area contributed by atoms with E-state index in [1.165, 1.54) is 23.5 Å². The molecule has 0 spiro atoms. The zero-order valence-electron chi connectivity index (χ0n) is 13.2. The fraction of sp³-hybridized carbons (Fsp3) is 0.188. The van der Waals surface area contributed by atoms with Crippen LogP contribution in [0.15, 0.2) is 45.6 Å². The molecule has 0 aliphatic rings. The Morgan fingerprint density at radius 3 is 2.64 bits per heavy atom. The lowest BCUT2D eigenvalue weighted by Crippen LogP contribution is -2.06. The third-order valence-corrected chi connectivity index (χ3v) is 4.73. The van der Waals surface area contributed by atoms with Gasteiger partial charge in [-0.05, 0) is 29.1 Å². The molecule has 130 valence electrons. The number of ether oxygens (including phenoxy) is 1. The molecule has 0 saturated carbocycles. The van der Waals surface area contributed by atoms with E-state index in [2.05, 4.69) is 10.1 Å². The molecule has 9 heteroatoms. The minimum atomic E-state index is -3.12. The first-order valence-electron chi connectivity index (χ1n) is 7.20. The van der Waals surface area contributed by atoms with E-state index in [-0.39, 0.29) is 18.3 Å². The topological polar surface area (TPSA) is 99.4 Å². The van der Waals surface area contributed by atoms with Gasteiger partial charge in [0.25, 0.3) is 5.89 Å². The Balaban J connectivity index is 1.59. The molecule has 0 N–H and O–H groups in total. The van der Waals surface area contributed by atoms with Crippen molar-refractivity contribution in [2.24, 2.45) is 0 Å². The zero-order valence-corrected chi connectivity index (χ0v) is 14.8. The van der Waals surface area contributed by atoms with Crippen LogP contribution in [0.25, 0.3) is 11.4 Å². The summed E-state index contributed by atoms with van der Waals surface area (Å²) in [5.41, 5.74) is 1.76. The fourth-order valence-corrected chi connectivity index (χ4v) is 3.51. The average Bonchev–Trinajstić information content (AvgIpc) is 3.23. The van der Waals surface area contributed by atoms with Crippen LogP contribution in [0.3, 0.4) is 0 Å². The smallest absolute Gasteiger partial charge is 0.338 e. The molecule has 0 saturated heterocycles. The predicted molar refractivity (Wildman–Crippen MR) is 91.7 cm³/mol. The molecule has 2 aromatic heterocycles. The lowest BCUT2D eigenvalue weighted by molar-refractivity contribution is 0.0430. The fourth-order valence-electron chi connectivity index (χ4n) is 2.07. The number of esters is 1. The van der Waals surface area contributed by atoms with Gasteiger partial charge in [-0.2, -0.15) is 16.3 Å². The summed E-state index contributed by atoms with van der Waals surface area (Å²) in [5.74, 6) is 0.0113. The monoisotopic (exact) mass is 378 g/mol. The molecule has 0 bridgehead atoms. The second-order valence-electron chi connectivity index (χ2n) is 5.37. The Kier molecular flexibility index (Phi) is 4.95. The van der Waals surface area contributed by atoms with Crippen molar-refractivity contribution in [3.63, 3.8) is 0 Å². The van der Waals surface area contributed by atoms with Gasteiger partial charge in [0.05, 0.1) is 11.3 Å². The number of carbonyl (C=O) groups is 1. The lowest BCUT2D eigenvalue weighted by Gasteiger charge is -2.03. The molecule has 0 amide bonds. The van der Waals surface area contributed by atoms with Crippen molar-refractivity contribution in [2.75, 3.05) is 6.26 Å². The highest BCUT2D eigenvalue weighted by Crippen LogP contribution is 2.19. The maximum Gasteiger partial charge on any atom is 0.338 e. The van der Waals surface area contributed by atoms with Crippen molar-refractivity contribution in [3.8, 4) is 11.4 Å². The highest BCUT2D eigenvalue weighted by Gasteiger charge is 2.13. The van der Waals surface area contributed by atoms with Gasteiger partial charge >= 0.3 is 5.97 Å². The van der Waals surface area contributed by atoms with Crippen molar-refractivity contribution < 1.29 is 22.5 Å². The number of sulfone groups is 1. The van der Waals surface area contributed by atoms with Crippen LogP contribution in [0.1, 0.15) is 21.8 Å². The molecule has 3 rings (SSSR count). The molecule has 0 aliphatic heterocycles. The zero-order chi connectivity index (χ0) is 17.9. The Labute approximate surface area is 148 Å². The van der Waals surface area contributed by atoms with Crippen LogP contribution in [0.2, 0.25) is 0 Å². The van der Waals surface area contributed by atoms with Gasteiger partial charge in [0.1, 0.15) is 0 Å². The molecule has 0 aliphatic carbocycles. The number of rotatable bonds is 6. The van der Waals surface area contributed by atoms with Crippen LogP contribution < -0.4 is 0 Å². The SMILES string of the molecule is CS(=O)(=O)Cc1ccc(C(=O)OCc2nc(-c3ccsc3)no2)cc1. The molecular weight excluding hydrogens is 364 g/mol. The number of thiophene rings is 1. The Morgan fingerprint density at radius 1 is 1.24 bits per heavy atom. The Hall–Kier alpha value is -2.52. The van der Waals surface area contributed by atoms with Gasteiger partial charge in [0, 0.05) is 17.2 Å². The van der Waals surface area contributed by atoms with Crippen LogP contribution in [0, 0.1) is 0 Å². The maximum absolute atomic E-state index is 12.0. The molecule has 1 aromatic carbocycles. The number of carbonyl (C=O) groups excluding carboxylic acids is 1. The van der Waals surface area contributed by atoms with Crippen LogP contribution in [-0.4, -0.2) is 30.8 Å². The first kappa shape index (κ1) is 17.3. The predicted octanol–water partition coefficient (Wildman–Crippen LogP) is 2.70. The standard InChI is InChI=1S/C16H14N2O5S2/c1-25(20,21)10-11-2-4-12(5-3-11)16(19)22-8-14-17-15(18-23-14)13-6-7-24-9-13/h2-7,9H,8,10H2,1H3. The number of aromatic nitrogens is 2. The molecule has 3 aromatic rings. The van der Waals surface area contributed by atoms with Gasteiger partial charge < -0.3 is 9.26 Å².